The van der Waals surface area contributed by atoms with Crippen LogP contribution in [-0.4, -0.2) is 0 Å². The monoisotopic (exact) mass is 306 g/mol. The van der Waals surface area contributed by atoms with E-state index in [-0.39, 0.29) is 11.6 Å². The zero-order chi connectivity index (χ0) is 16.2. The van der Waals surface area contributed by atoms with Crippen LogP contribution in [0.3, 0.4) is 0 Å². The Morgan fingerprint density at radius 2 is 0.957 bits per heavy atom. The molecule has 0 amide bonds. The van der Waals surface area contributed by atoms with Gasteiger partial charge in [0.25, 0.3) is 0 Å². The molecule has 4 heteroatoms. The largest absolute Gasteiger partial charge is 0.310 e. The van der Waals surface area contributed by atoms with Crippen molar-refractivity contribution in [2.75, 3.05) is 4.90 Å². The first-order valence-corrected chi connectivity index (χ1v) is 6.99. The van der Waals surface area contributed by atoms with E-state index in [2.05, 4.69) is 6.07 Å². The maximum Gasteiger partial charge on any atom is 0.123 e. The molecule has 3 aromatic rings. The normalized spacial score (nSPS) is 10.1. The third-order valence-electron chi connectivity index (χ3n) is 3.42. The zero-order valence-electron chi connectivity index (χ0n) is 12.1. The van der Waals surface area contributed by atoms with E-state index in [1.807, 2.05) is 4.90 Å². The third kappa shape index (κ3) is 3.19. The molecule has 0 radical (unpaired) electrons. The van der Waals surface area contributed by atoms with E-state index in [0.29, 0.717) is 5.56 Å². The van der Waals surface area contributed by atoms with Crippen LogP contribution in [0.25, 0.3) is 0 Å². The van der Waals surface area contributed by atoms with Gasteiger partial charge >= 0.3 is 0 Å². The topological polar surface area (TPSA) is 27.0 Å². The van der Waals surface area contributed by atoms with Crippen molar-refractivity contribution < 1.29 is 8.78 Å². The van der Waals surface area contributed by atoms with Gasteiger partial charge in [0, 0.05) is 17.1 Å². The van der Waals surface area contributed by atoms with E-state index in [1.54, 1.807) is 48.5 Å². The second kappa shape index (κ2) is 6.29. The highest BCUT2D eigenvalue weighted by molar-refractivity contribution is 5.76. The van der Waals surface area contributed by atoms with Gasteiger partial charge in [-0.25, -0.2) is 8.78 Å². The fourth-order valence-corrected chi connectivity index (χ4v) is 2.31. The summed E-state index contributed by atoms with van der Waals surface area (Å²) in [5, 5.41) is 8.92. The molecule has 0 unspecified atom stereocenters. The fourth-order valence-electron chi connectivity index (χ4n) is 2.31. The van der Waals surface area contributed by atoms with Crippen LogP contribution in [0, 0.1) is 23.0 Å². The highest BCUT2D eigenvalue weighted by Gasteiger charge is 2.12. The summed E-state index contributed by atoms with van der Waals surface area (Å²) in [6, 6.07) is 21.2. The Bertz CT molecular complexity index is 787. The molecule has 0 saturated carbocycles. The number of rotatable bonds is 3. The van der Waals surface area contributed by atoms with E-state index in [0.717, 1.165) is 17.1 Å². The highest BCUT2D eigenvalue weighted by Crippen LogP contribution is 2.34. The van der Waals surface area contributed by atoms with Crippen molar-refractivity contribution in [1.82, 2.24) is 0 Å². The van der Waals surface area contributed by atoms with E-state index >= 15 is 0 Å². The molecular weight excluding hydrogens is 294 g/mol. The van der Waals surface area contributed by atoms with Gasteiger partial charge in [0.1, 0.15) is 11.6 Å². The van der Waals surface area contributed by atoms with E-state index in [1.165, 1.54) is 24.3 Å². The van der Waals surface area contributed by atoms with Crippen LogP contribution in [0.1, 0.15) is 5.56 Å². The molecule has 23 heavy (non-hydrogen) atoms. The number of anilines is 3. The number of nitrogens with zero attached hydrogens (tertiary/aromatic N) is 2. The van der Waals surface area contributed by atoms with Crippen molar-refractivity contribution in [3.63, 3.8) is 0 Å². The van der Waals surface area contributed by atoms with E-state index in [4.69, 9.17) is 5.26 Å². The van der Waals surface area contributed by atoms with Crippen molar-refractivity contribution in [3.8, 4) is 6.07 Å². The summed E-state index contributed by atoms with van der Waals surface area (Å²) in [5.74, 6) is -0.653. The maximum absolute atomic E-state index is 13.2. The van der Waals surface area contributed by atoms with Crippen LogP contribution >= 0.6 is 0 Å². The molecule has 0 aliphatic carbocycles. The molecule has 0 saturated heterocycles. The average molecular weight is 306 g/mol. The lowest BCUT2D eigenvalue weighted by molar-refractivity contribution is 0.628. The average Bonchev–Trinajstić information content (AvgIpc) is 2.59. The summed E-state index contributed by atoms with van der Waals surface area (Å²) in [7, 11) is 0. The minimum absolute atomic E-state index is 0.326. The standard InChI is InChI=1S/C19H12F2N2/c20-15-3-9-18(10-4-15)23(19-11-5-16(21)6-12-19)17-7-1-14(13-22)2-8-17/h1-12H. The Balaban J connectivity index is 2.10. The number of hydrogen-bond acceptors (Lipinski definition) is 2. The molecule has 0 aliphatic heterocycles. The summed E-state index contributed by atoms with van der Waals surface area (Å²) in [5.41, 5.74) is 2.82. The molecule has 0 spiro atoms. The first-order valence-electron chi connectivity index (χ1n) is 6.99. The lowest BCUT2D eigenvalue weighted by atomic mass is 10.1. The third-order valence-corrected chi connectivity index (χ3v) is 3.42. The molecule has 2 nitrogen and oxygen atoms in total. The van der Waals surface area contributed by atoms with Crippen molar-refractivity contribution in [3.05, 3.63) is 90.0 Å². The Morgan fingerprint density at radius 3 is 1.30 bits per heavy atom. The van der Waals surface area contributed by atoms with Gasteiger partial charge in [-0.2, -0.15) is 5.26 Å². The molecule has 3 rings (SSSR count). The van der Waals surface area contributed by atoms with Gasteiger partial charge < -0.3 is 4.90 Å². The van der Waals surface area contributed by atoms with Crippen molar-refractivity contribution in [2.24, 2.45) is 0 Å². The first kappa shape index (κ1) is 14.7. The Labute approximate surface area is 132 Å². The van der Waals surface area contributed by atoms with Crippen LogP contribution < -0.4 is 4.90 Å². The molecule has 0 heterocycles. The van der Waals surface area contributed by atoms with Gasteiger partial charge in [-0.3, -0.25) is 0 Å². The molecule has 0 bridgehead atoms. The molecule has 0 N–H and O–H groups in total. The van der Waals surface area contributed by atoms with Crippen LogP contribution in [-0.2, 0) is 0 Å². The van der Waals surface area contributed by atoms with Crippen LogP contribution in [0.4, 0.5) is 25.8 Å². The van der Waals surface area contributed by atoms with E-state index < -0.39 is 0 Å². The second-order valence-electron chi connectivity index (χ2n) is 4.95. The summed E-state index contributed by atoms with van der Waals surface area (Å²) in [6.07, 6.45) is 0. The second-order valence-corrected chi connectivity index (χ2v) is 4.95. The minimum atomic E-state index is -0.326. The predicted molar refractivity (Wildman–Crippen MR) is 85.8 cm³/mol. The van der Waals surface area contributed by atoms with Gasteiger partial charge in [-0.1, -0.05) is 0 Å². The fraction of sp³-hybridized carbons (Fsp3) is 0. The maximum atomic E-state index is 13.2. The Morgan fingerprint density at radius 1 is 0.609 bits per heavy atom. The van der Waals surface area contributed by atoms with Crippen LogP contribution in [0.5, 0.6) is 0 Å². The van der Waals surface area contributed by atoms with Gasteiger partial charge in [-0.05, 0) is 72.8 Å². The summed E-state index contributed by atoms with van der Waals surface area (Å²) in [4.78, 5) is 1.86. The SMILES string of the molecule is N#Cc1ccc(N(c2ccc(F)cc2)c2ccc(F)cc2)cc1. The Kier molecular flexibility index (Phi) is 4.03. The lowest BCUT2D eigenvalue weighted by Crippen LogP contribution is -2.09. The van der Waals surface area contributed by atoms with Crippen molar-refractivity contribution in [1.29, 1.82) is 5.26 Å². The number of halogens is 2. The first-order chi connectivity index (χ1) is 11.2. The molecule has 0 aromatic heterocycles. The molecule has 112 valence electrons. The Hall–Kier alpha value is -3.19. The quantitative estimate of drug-likeness (QED) is 0.656. The lowest BCUT2D eigenvalue weighted by Gasteiger charge is -2.25. The molecule has 0 atom stereocenters. The predicted octanol–water partition coefficient (Wildman–Crippen LogP) is 5.31. The smallest absolute Gasteiger partial charge is 0.123 e. The van der Waals surface area contributed by atoms with Crippen LogP contribution in [0.2, 0.25) is 0 Å². The van der Waals surface area contributed by atoms with Gasteiger partial charge in [0.05, 0.1) is 11.6 Å². The van der Waals surface area contributed by atoms with Crippen LogP contribution in [0.15, 0.2) is 72.8 Å². The van der Waals surface area contributed by atoms with Crippen molar-refractivity contribution in [2.45, 2.75) is 0 Å². The summed E-state index contributed by atoms with van der Waals surface area (Å²) < 4.78 is 26.4. The zero-order valence-corrected chi connectivity index (χ0v) is 12.1. The van der Waals surface area contributed by atoms with Crippen molar-refractivity contribution >= 4 is 17.1 Å². The number of benzene rings is 3. The highest BCUT2D eigenvalue weighted by atomic mass is 19.1. The minimum Gasteiger partial charge on any atom is -0.310 e. The van der Waals surface area contributed by atoms with Gasteiger partial charge in [-0.15, -0.1) is 0 Å². The number of hydrogen-bond donors (Lipinski definition) is 0. The van der Waals surface area contributed by atoms with Gasteiger partial charge in [0.2, 0.25) is 0 Å². The number of nitriles is 1. The molecule has 0 aliphatic rings. The van der Waals surface area contributed by atoms with Gasteiger partial charge in [0.15, 0.2) is 0 Å². The molecular formula is C19H12F2N2. The summed E-state index contributed by atoms with van der Waals surface area (Å²) in [6.45, 7) is 0. The molecule has 0 fully saturated rings. The van der Waals surface area contributed by atoms with E-state index in [9.17, 15) is 8.78 Å². The molecule has 3 aromatic carbocycles. The summed E-state index contributed by atoms with van der Waals surface area (Å²) >= 11 is 0.